The Balaban J connectivity index is 1.96. The first-order valence-electron chi connectivity index (χ1n) is 8.11. The van der Waals surface area contributed by atoms with Gasteiger partial charge in [-0.05, 0) is 41.5 Å². The van der Waals surface area contributed by atoms with Crippen LogP contribution in [0, 0.1) is 0 Å². The van der Waals surface area contributed by atoms with E-state index >= 15 is 0 Å². The number of benzene rings is 3. The van der Waals surface area contributed by atoms with Crippen LogP contribution < -0.4 is 5.32 Å². The molecule has 1 N–H and O–H groups in total. The second-order valence-corrected chi connectivity index (χ2v) is 10.3. The van der Waals surface area contributed by atoms with Crippen molar-refractivity contribution in [2.45, 2.75) is 9.79 Å². The first kappa shape index (κ1) is 19.1. The van der Waals surface area contributed by atoms with Crippen molar-refractivity contribution in [3.63, 3.8) is 0 Å². The van der Waals surface area contributed by atoms with Gasteiger partial charge in [0.2, 0.25) is 0 Å². The van der Waals surface area contributed by atoms with Crippen molar-refractivity contribution in [2.75, 3.05) is 17.8 Å². The fourth-order valence-electron chi connectivity index (χ4n) is 2.68. The third kappa shape index (κ3) is 4.56. The van der Waals surface area contributed by atoms with E-state index in [0.717, 1.165) is 23.6 Å². The minimum absolute atomic E-state index is 0.0344. The summed E-state index contributed by atoms with van der Waals surface area (Å²) in [6.07, 6.45) is 2.10. The fraction of sp³-hybridized carbons (Fsp3) is 0.100. The normalized spacial score (nSPS) is 11.9. The van der Waals surface area contributed by atoms with Gasteiger partial charge in [0.15, 0.2) is 19.7 Å². The number of hydrogen-bond acceptors (Lipinski definition) is 5. The summed E-state index contributed by atoms with van der Waals surface area (Å²) in [4.78, 5) is -0.0922. The van der Waals surface area contributed by atoms with Crippen LogP contribution in [0.5, 0.6) is 0 Å². The van der Waals surface area contributed by atoms with Gasteiger partial charge < -0.3 is 5.32 Å². The maximum Gasteiger partial charge on any atom is 0.177 e. The lowest BCUT2D eigenvalue weighted by Gasteiger charge is -2.13. The Labute approximate surface area is 159 Å². The number of anilines is 2. The summed E-state index contributed by atoms with van der Waals surface area (Å²) >= 11 is 0. The third-order valence-electron chi connectivity index (χ3n) is 4.05. The molecule has 0 saturated carbocycles. The van der Waals surface area contributed by atoms with E-state index in [2.05, 4.69) is 5.32 Å². The molecule has 140 valence electrons. The molecule has 0 spiro atoms. The summed E-state index contributed by atoms with van der Waals surface area (Å²) in [7, 11) is -7.12. The molecule has 0 fully saturated rings. The molecule has 0 unspecified atom stereocenters. The Hall–Kier alpha value is -2.64. The Kier molecular flexibility index (Phi) is 5.08. The highest BCUT2D eigenvalue weighted by atomic mass is 32.2. The van der Waals surface area contributed by atoms with Gasteiger partial charge in [0.1, 0.15) is 0 Å². The van der Waals surface area contributed by atoms with Crippen LogP contribution in [-0.4, -0.2) is 29.3 Å². The molecule has 0 heterocycles. The maximum atomic E-state index is 12.1. The molecule has 3 aromatic rings. The number of hydrogen-bond donors (Lipinski definition) is 1. The zero-order valence-corrected chi connectivity index (χ0v) is 16.5. The van der Waals surface area contributed by atoms with Crippen LogP contribution in [0.1, 0.15) is 0 Å². The lowest BCUT2D eigenvalue weighted by atomic mass is 10.1. The summed E-state index contributed by atoms with van der Waals surface area (Å²) in [5.74, 6) is 0. The van der Waals surface area contributed by atoms with E-state index in [-0.39, 0.29) is 9.79 Å². The molecule has 5 nitrogen and oxygen atoms in total. The maximum absolute atomic E-state index is 12.1. The van der Waals surface area contributed by atoms with Gasteiger partial charge in [0, 0.05) is 18.2 Å². The van der Waals surface area contributed by atoms with Gasteiger partial charge in [-0.2, -0.15) is 0 Å². The van der Waals surface area contributed by atoms with Gasteiger partial charge in [-0.25, -0.2) is 16.8 Å². The molecule has 0 aliphatic carbocycles. The molecule has 0 saturated heterocycles. The Morgan fingerprint density at radius 3 is 1.81 bits per heavy atom. The van der Waals surface area contributed by atoms with E-state index in [1.165, 1.54) is 18.2 Å². The molecular weight excluding hydrogens is 382 g/mol. The predicted molar refractivity (Wildman–Crippen MR) is 108 cm³/mol. The van der Waals surface area contributed by atoms with Crippen LogP contribution in [0.15, 0.2) is 82.6 Å². The monoisotopic (exact) mass is 401 g/mol. The Morgan fingerprint density at radius 1 is 0.667 bits per heavy atom. The second kappa shape index (κ2) is 7.17. The third-order valence-corrected chi connectivity index (χ3v) is 6.30. The summed E-state index contributed by atoms with van der Waals surface area (Å²) in [5.41, 5.74) is 3.15. The van der Waals surface area contributed by atoms with Gasteiger partial charge in [0.05, 0.1) is 15.5 Å². The molecule has 7 heteroatoms. The van der Waals surface area contributed by atoms with Crippen molar-refractivity contribution >= 4 is 31.0 Å². The van der Waals surface area contributed by atoms with Crippen molar-refractivity contribution in [3.05, 3.63) is 72.8 Å². The van der Waals surface area contributed by atoms with Crippen molar-refractivity contribution in [1.82, 2.24) is 0 Å². The largest absolute Gasteiger partial charge is 0.354 e. The van der Waals surface area contributed by atoms with E-state index in [9.17, 15) is 16.8 Å². The van der Waals surface area contributed by atoms with Crippen molar-refractivity contribution in [3.8, 4) is 11.1 Å². The molecule has 0 aliphatic heterocycles. The van der Waals surface area contributed by atoms with Gasteiger partial charge >= 0.3 is 0 Å². The number of sulfone groups is 2. The molecule has 0 aromatic heterocycles. The van der Waals surface area contributed by atoms with Crippen LogP contribution in [0.25, 0.3) is 11.1 Å². The van der Waals surface area contributed by atoms with Crippen LogP contribution in [0.2, 0.25) is 0 Å². The van der Waals surface area contributed by atoms with Gasteiger partial charge in [-0.3, -0.25) is 0 Å². The quantitative estimate of drug-likeness (QED) is 0.701. The highest BCUT2D eigenvalue weighted by Crippen LogP contribution is 2.29. The average molecular weight is 402 g/mol. The molecule has 0 atom stereocenters. The van der Waals surface area contributed by atoms with Crippen LogP contribution >= 0.6 is 0 Å². The van der Waals surface area contributed by atoms with Gasteiger partial charge in [-0.15, -0.1) is 0 Å². The molecule has 27 heavy (non-hydrogen) atoms. The number of rotatable bonds is 5. The van der Waals surface area contributed by atoms with Crippen LogP contribution in [0.4, 0.5) is 11.4 Å². The first-order valence-corrected chi connectivity index (χ1v) is 11.9. The highest BCUT2D eigenvalue weighted by Gasteiger charge is 2.18. The summed E-state index contributed by atoms with van der Waals surface area (Å²) in [5, 5.41) is 3.06. The molecule has 3 aromatic carbocycles. The zero-order valence-electron chi connectivity index (χ0n) is 14.9. The van der Waals surface area contributed by atoms with Crippen LogP contribution in [-0.2, 0) is 19.7 Å². The molecule has 0 radical (unpaired) electrons. The van der Waals surface area contributed by atoms with E-state index in [0.29, 0.717) is 11.4 Å². The molecule has 0 aliphatic rings. The Bertz CT molecular complexity index is 1170. The minimum atomic E-state index is -3.61. The average Bonchev–Trinajstić information content (AvgIpc) is 2.61. The van der Waals surface area contributed by atoms with Gasteiger partial charge in [-0.1, -0.05) is 42.5 Å². The first-order chi connectivity index (χ1) is 12.6. The second-order valence-electron chi connectivity index (χ2n) is 6.27. The van der Waals surface area contributed by atoms with E-state index in [4.69, 9.17) is 0 Å². The smallest absolute Gasteiger partial charge is 0.177 e. The molecule has 3 rings (SSSR count). The summed E-state index contributed by atoms with van der Waals surface area (Å²) in [6.45, 7) is 0. The lowest BCUT2D eigenvalue weighted by molar-refractivity contribution is 0.600. The van der Waals surface area contributed by atoms with Crippen molar-refractivity contribution in [1.29, 1.82) is 0 Å². The van der Waals surface area contributed by atoms with Crippen molar-refractivity contribution in [2.24, 2.45) is 0 Å². The number of nitrogens with one attached hydrogen (secondary N) is 1. The van der Waals surface area contributed by atoms with E-state index in [1.807, 2.05) is 54.6 Å². The topological polar surface area (TPSA) is 80.3 Å². The summed E-state index contributed by atoms with van der Waals surface area (Å²) < 4.78 is 47.7. The fourth-order valence-corrected chi connectivity index (χ4v) is 4.26. The molecule has 0 amide bonds. The predicted octanol–water partition coefficient (Wildman–Crippen LogP) is 3.90. The zero-order chi connectivity index (χ0) is 19.7. The van der Waals surface area contributed by atoms with Crippen molar-refractivity contribution < 1.29 is 16.8 Å². The molecule has 0 bridgehead atoms. The standard InChI is InChI=1S/C20H19NO4S2/c1-26(22,23)18-12-13-19(20(14-18)27(2,24)25)21-17-10-8-16(9-11-17)15-6-4-3-5-7-15/h3-14,21H,1-2H3. The lowest BCUT2D eigenvalue weighted by Crippen LogP contribution is -2.06. The van der Waals surface area contributed by atoms with Gasteiger partial charge in [0.25, 0.3) is 0 Å². The summed E-state index contributed by atoms with van der Waals surface area (Å²) in [6, 6.07) is 21.5. The van der Waals surface area contributed by atoms with E-state index in [1.54, 1.807) is 0 Å². The van der Waals surface area contributed by atoms with E-state index < -0.39 is 19.7 Å². The highest BCUT2D eigenvalue weighted by molar-refractivity contribution is 7.91. The van der Waals surface area contributed by atoms with Crippen LogP contribution in [0.3, 0.4) is 0 Å². The minimum Gasteiger partial charge on any atom is -0.354 e. The SMILES string of the molecule is CS(=O)(=O)c1ccc(Nc2ccc(-c3ccccc3)cc2)c(S(C)(=O)=O)c1. The Morgan fingerprint density at radius 2 is 1.26 bits per heavy atom. The molecular formula is C20H19NO4S2.